The van der Waals surface area contributed by atoms with Gasteiger partial charge in [-0.3, -0.25) is 14.5 Å². The second-order valence-electron chi connectivity index (χ2n) is 5.65. The molecule has 3 aromatic rings. The van der Waals surface area contributed by atoms with Crippen molar-refractivity contribution in [1.82, 2.24) is 20.1 Å². The lowest BCUT2D eigenvalue weighted by atomic mass is 10.1. The molecule has 0 atom stereocenters. The molecule has 1 N–H and O–H groups in total. The normalized spacial score (nSPS) is 11.4. The molecule has 0 bridgehead atoms. The molecule has 0 aliphatic carbocycles. The van der Waals surface area contributed by atoms with E-state index in [1.165, 1.54) is 12.1 Å². The standard InChI is InChI=1S/C18H15F3N4O/c1-25-15(9-16(24-25)13-5-3-7-22-10-13)11-23-17(26)12-4-2-6-14(8-12)18(19,20)21/h2-10H,11H2,1H3,(H,23,26). The number of hydrogen-bond acceptors (Lipinski definition) is 3. The van der Waals surface area contributed by atoms with Crippen LogP contribution in [0.5, 0.6) is 0 Å². The van der Waals surface area contributed by atoms with Gasteiger partial charge in [-0.1, -0.05) is 6.07 Å². The molecule has 26 heavy (non-hydrogen) atoms. The first-order valence-electron chi connectivity index (χ1n) is 7.73. The lowest BCUT2D eigenvalue weighted by molar-refractivity contribution is -0.137. The molecule has 2 aromatic heterocycles. The predicted octanol–water partition coefficient (Wildman–Crippen LogP) is 3.43. The Bertz CT molecular complexity index is 920. The lowest BCUT2D eigenvalue weighted by Gasteiger charge is -2.09. The Labute approximate surface area is 147 Å². The number of nitrogens with one attached hydrogen (secondary N) is 1. The lowest BCUT2D eigenvalue weighted by Crippen LogP contribution is -2.24. The van der Waals surface area contributed by atoms with Crippen LogP contribution in [-0.4, -0.2) is 20.7 Å². The van der Waals surface area contributed by atoms with Gasteiger partial charge in [-0.25, -0.2) is 0 Å². The van der Waals surface area contributed by atoms with Crippen molar-refractivity contribution in [2.24, 2.45) is 7.05 Å². The fraction of sp³-hybridized carbons (Fsp3) is 0.167. The SMILES string of the molecule is Cn1nc(-c2cccnc2)cc1CNC(=O)c1cccc(C(F)(F)F)c1. The molecule has 0 spiro atoms. The van der Waals surface area contributed by atoms with Crippen molar-refractivity contribution in [3.05, 3.63) is 71.7 Å². The van der Waals surface area contributed by atoms with E-state index in [2.05, 4.69) is 15.4 Å². The molecule has 0 saturated heterocycles. The van der Waals surface area contributed by atoms with Crippen LogP contribution >= 0.6 is 0 Å². The molecule has 0 aliphatic rings. The summed E-state index contributed by atoms with van der Waals surface area (Å²) >= 11 is 0. The molecule has 134 valence electrons. The first kappa shape index (κ1) is 17.7. The van der Waals surface area contributed by atoms with Gasteiger partial charge >= 0.3 is 6.18 Å². The maximum absolute atomic E-state index is 12.8. The van der Waals surface area contributed by atoms with Gasteiger partial charge in [0.05, 0.1) is 23.5 Å². The summed E-state index contributed by atoms with van der Waals surface area (Å²) in [5, 5.41) is 6.97. The molecule has 3 rings (SSSR count). The zero-order valence-electron chi connectivity index (χ0n) is 13.8. The van der Waals surface area contributed by atoms with Gasteiger partial charge in [0.15, 0.2) is 0 Å². The smallest absolute Gasteiger partial charge is 0.346 e. The van der Waals surface area contributed by atoms with Gasteiger partial charge in [0.1, 0.15) is 0 Å². The molecule has 0 saturated carbocycles. The molecular weight excluding hydrogens is 345 g/mol. The van der Waals surface area contributed by atoms with Crippen LogP contribution in [0.25, 0.3) is 11.3 Å². The van der Waals surface area contributed by atoms with Gasteiger partial charge in [0.2, 0.25) is 0 Å². The molecule has 0 fully saturated rings. The maximum Gasteiger partial charge on any atom is 0.416 e. The Morgan fingerprint density at radius 3 is 2.69 bits per heavy atom. The number of carbonyl (C=O) groups is 1. The summed E-state index contributed by atoms with van der Waals surface area (Å²) in [5.41, 5.74) is 1.34. The summed E-state index contributed by atoms with van der Waals surface area (Å²) in [5.74, 6) is -0.583. The zero-order chi connectivity index (χ0) is 18.7. The van der Waals surface area contributed by atoms with E-state index in [0.717, 1.165) is 17.7 Å². The van der Waals surface area contributed by atoms with Crippen molar-refractivity contribution in [1.29, 1.82) is 0 Å². The predicted molar refractivity (Wildman–Crippen MR) is 89.1 cm³/mol. The van der Waals surface area contributed by atoms with Crippen molar-refractivity contribution < 1.29 is 18.0 Å². The Morgan fingerprint density at radius 1 is 1.19 bits per heavy atom. The highest BCUT2D eigenvalue weighted by atomic mass is 19.4. The minimum atomic E-state index is -4.49. The molecule has 2 heterocycles. The maximum atomic E-state index is 12.8. The first-order valence-corrected chi connectivity index (χ1v) is 7.73. The number of aryl methyl sites for hydroxylation is 1. The fourth-order valence-electron chi connectivity index (χ4n) is 2.44. The number of aromatic nitrogens is 3. The summed E-state index contributed by atoms with van der Waals surface area (Å²) in [6.45, 7) is 0.138. The van der Waals surface area contributed by atoms with E-state index in [1.807, 2.05) is 6.07 Å². The number of carbonyl (C=O) groups excluding carboxylic acids is 1. The number of alkyl halides is 3. The van der Waals surface area contributed by atoms with Gasteiger partial charge in [0, 0.05) is 30.6 Å². The monoisotopic (exact) mass is 360 g/mol. The largest absolute Gasteiger partial charge is 0.416 e. The third kappa shape index (κ3) is 3.90. The molecule has 0 unspecified atom stereocenters. The highest BCUT2D eigenvalue weighted by molar-refractivity contribution is 5.94. The molecular formula is C18H15F3N4O. The van der Waals surface area contributed by atoms with E-state index in [0.29, 0.717) is 11.4 Å². The number of rotatable bonds is 4. The van der Waals surface area contributed by atoms with E-state index in [9.17, 15) is 18.0 Å². The summed E-state index contributed by atoms with van der Waals surface area (Å²) in [4.78, 5) is 16.2. The number of benzene rings is 1. The summed E-state index contributed by atoms with van der Waals surface area (Å²) in [6, 6.07) is 9.76. The van der Waals surface area contributed by atoms with Crippen LogP contribution in [0.4, 0.5) is 13.2 Å². The van der Waals surface area contributed by atoms with Crippen LogP contribution in [-0.2, 0) is 19.8 Å². The van der Waals surface area contributed by atoms with Crippen LogP contribution in [0, 0.1) is 0 Å². The third-order valence-electron chi connectivity index (χ3n) is 3.82. The van der Waals surface area contributed by atoms with Crippen LogP contribution in [0.15, 0.2) is 54.9 Å². The van der Waals surface area contributed by atoms with Gasteiger partial charge in [-0.2, -0.15) is 18.3 Å². The third-order valence-corrected chi connectivity index (χ3v) is 3.82. The molecule has 0 radical (unpaired) electrons. The molecule has 8 heteroatoms. The second-order valence-corrected chi connectivity index (χ2v) is 5.65. The van der Waals surface area contributed by atoms with Crippen molar-refractivity contribution in [3.63, 3.8) is 0 Å². The number of amides is 1. The summed E-state index contributed by atoms with van der Waals surface area (Å²) in [7, 11) is 1.73. The second kappa shape index (κ2) is 6.99. The van der Waals surface area contributed by atoms with E-state index in [1.54, 1.807) is 36.3 Å². The van der Waals surface area contributed by atoms with Crippen molar-refractivity contribution >= 4 is 5.91 Å². The summed E-state index contributed by atoms with van der Waals surface area (Å²) < 4.78 is 39.9. The number of nitrogens with zero attached hydrogens (tertiary/aromatic N) is 3. The molecule has 5 nitrogen and oxygen atoms in total. The Hall–Kier alpha value is -3.16. The topological polar surface area (TPSA) is 59.8 Å². The highest BCUT2D eigenvalue weighted by Gasteiger charge is 2.30. The minimum absolute atomic E-state index is 0.0468. The molecule has 0 aliphatic heterocycles. The highest BCUT2D eigenvalue weighted by Crippen LogP contribution is 2.29. The molecule has 1 aromatic carbocycles. The van der Waals surface area contributed by atoms with E-state index in [4.69, 9.17) is 0 Å². The van der Waals surface area contributed by atoms with Crippen LogP contribution < -0.4 is 5.32 Å². The van der Waals surface area contributed by atoms with Crippen molar-refractivity contribution in [2.75, 3.05) is 0 Å². The van der Waals surface area contributed by atoms with E-state index < -0.39 is 17.6 Å². The van der Waals surface area contributed by atoms with Crippen LogP contribution in [0.3, 0.4) is 0 Å². The Kier molecular flexibility index (Phi) is 4.75. The van der Waals surface area contributed by atoms with Crippen LogP contribution in [0.2, 0.25) is 0 Å². The van der Waals surface area contributed by atoms with Gasteiger partial charge in [0.25, 0.3) is 5.91 Å². The van der Waals surface area contributed by atoms with Crippen molar-refractivity contribution in [2.45, 2.75) is 12.7 Å². The quantitative estimate of drug-likeness (QED) is 0.775. The van der Waals surface area contributed by atoms with Crippen molar-refractivity contribution in [3.8, 4) is 11.3 Å². The average molecular weight is 360 g/mol. The Morgan fingerprint density at radius 2 is 2.00 bits per heavy atom. The summed E-state index contributed by atoms with van der Waals surface area (Å²) in [6.07, 6.45) is -1.16. The van der Waals surface area contributed by atoms with Gasteiger partial charge in [-0.05, 0) is 36.4 Å². The van der Waals surface area contributed by atoms with Gasteiger partial charge in [-0.15, -0.1) is 0 Å². The Balaban J connectivity index is 1.72. The fourth-order valence-corrected chi connectivity index (χ4v) is 2.44. The average Bonchev–Trinajstić information content (AvgIpc) is 3.00. The number of pyridine rings is 1. The number of hydrogen-bond donors (Lipinski definition) is 1. The molecule has 1 amide bonds. The van der Waals surface area contributed by atoms with E-state index in [-0.39, 0.29) is 12.1 Å². The minimum Gasteiger partial charge on any atom is -0.346 e. The van der Waals surface area contributed by atoms with Gasteiger partial charge < -0.3 is 5.32 Å². The zero-order valence-corrected chi connectivity index (χ0v) is 13.8. The number of halogens is 3. The first-order chi connectivity index (χ1) is 12.3. The van der Waals surface area contributed by atoms with Crippen LogP contribution in [0.1, 0.15) is 21.6 Å². The van der Waals surface area contributed by atoms with E-state index >= 15 is 0 Å².